The number of thiophene rings is 4. The van der Waals surface area contributed by atoms with Gasteiger partial charge in [-0.05, 0) is 85.0 Å². The Hall–Kier alpha value is -3.74. The van der Waals surface area contributed by atoms with E-state index in [1.54, 1.807) is 45.8 Å². The van der Waals surface area contributed by atoms with Crippen molar-refractivity contribution in [1.82, 2.24) is 9.97 Å². The lowest BCUT2D eigenvalue weighted by Gasteiger charge is -2.03. The number of nitriles is 2. The molecule has 0 radical (unpaired) electrons. The van der Waals surface area contributed by atoms with E-state index in [-0.39, 0.29) is 0 Å². The molecular weight excluding hydrogens is 693 g/mol. The molecule has 6 rings (SSSR count). The van der Waals surface area contributed by atoms with Gasteiger partial charge < -0.3 is 0 Å². The summed E-state index contributed by atoms with van der Waals surface area (Å²) >= 11 is 10.3. The van der Waals surface area contributed by atoms with Crippen LogP contribution in [0.5, 0.6) is 0 Å². The molecule has 0 spiro atoms. The van der Waals surface area contributed by atoms with Gasteiger partial charge in [-0.2, -0.15) is 22.3 Å². The van der Waals surface area contributed by atoms with Gasteiger partial charge in [0, 0.05) is 68.3 Å². The summed E-state index contributed by atoms with van der Waals surface area (Å²) in [5.41, 5.74) is 5.26. The molecule has 47 heavy (non-hydrogen) atoms. The molecule has 0 unspecified atom stereocenters. The van der Waals surface area contributed by atoms with E-state index in [0.717, 1.165) is 53.9 Å². The minimum absolute atomic E-state index is 0.564. The van der Waals surface area contributed by atoms with Gasteiger partial charge in [0.2, 0.25) is 0 Å². The lowest BCUT2D eigenvalue weighted by atomic mass is 10.1. The van der Waals surface area contributed by atoms with Crippen molar-refractivity contribution in [3.63, 3.8) is 0 Å². The van der Waals surface area contributed by atoms with E-state index in [4.69, 9.17) is 15.2 Å². The van der Waals surface area contributed by atoms with E-state index in [1.807, 2.05) is 84.4 Å². The third-order valence-electron chi connectivity index (χ3n) is 6.76. The fourth-order valence-corrected chi connectivity index (χ4v) is 9.62. The van der Waals surface area contributed by atoms with E-state index in [2.05, 4.69) is 67.4 Å². The van der Waals surface area contributed by atoms with E-state index in [9.17, 15) is 5.26 Å². The van der Waals surface area contributed by atoms with Crippen LogP contribution in [-0.2, 0) is 5.75 Å². The first-order valence-corrected chi connectivity index (χ1v) is 20.4. The molecule has 0 saturated heterocycles. The number of aromatic nitrogens is 2. The molecule has 0 aliphatic rings. The summed E-state index contributed by atoms with van der Waals surface area (Å²) in [6.07, 6.45) is 12.9. The SMILES string of the molecule is C=C(C#N)/C(=C/CC)SC.CSCc1ccc(-c2cnc3cc(-c4ccc(-c5ccc(/C=C(\C#N)c6cccs6)s5)s4)cnc3c2)s1. The lowest BCUT2D eigenvalue weighted by molar-refractivity contribution is 1.22. The lowest BCUT2D eigenvalue weighted by Crippen LogP contribution is -1.86. The summed E-state index contributed by atoms with van der Waals surface area (Å²) in [7, 11) is 0. The Morgan fingerprint density at radius 1 is 0.851 bits per heavy atom. The fraction of sp³-hybridized carbons (Fsp3) is 0.135. The Morgan fingerprint density at radius 3 is 2.13 bits per heavy atom. The smallest absolute Gasteiger partial charge is 0.101 e. The number of hydrogen-bond donors (Lipinski definition) is 0. The van der Waals surface area contributed by atoms with Gasteiger partial charge >= 0.3 is 0 Å². The van der Waals surface area contributed by atoms with Crippen LogP contribution in [0.15, 0.2) is 102 Å². The first-order valence-electron chi connectivity index (χ1n) is 14.5. The van der Waals surface area contributed by atoms with Crippen LogP contribution in [0.1, 0.15) is 28.0 Å². The maximum atomic E-state index is 9.57. The highest BCUT2D eigenvalue weighted by molar-refractivity contribution is 8.02. The second kappa shape index (κ2) is 16.9. The molecule has 6 aromatic rings. The summed E-state index contributed by atoms with van der Waals surface area (Å²) in [6.45, 7) is 5.66. The van der Waals surface area contributed by atoms with Gasteiger partial charge in [0.15, 0.2) is 0 Å². The molecule has 0 bridgehead atoms. The summed E-state index contributed by atoms with van der Waals surface area (Å²) in [5, 5.41) is 20.0. The molecule has 6 aromatic heterocycles. The second-order valence-corrected chi connectivity index (χ2v) is 16.0. The third kappa shape index (κ3) is 8.79. The molecule has 0 N–H and O–H groups in total. The molecule has 0 aliphatic carbocycles. The molecule has 0 aliphatic heterocycles. The fourth-order valence-electron chi connectivity index (χ4n) is 4.52. The second-order valence-electron chi connectivity index (χ2n) is 9.97. The van der Waals surface area contributed by atoms with Gasteiger partial charge in [-0.25, -0.2) is 0 Å². The van der Waals surface area contributed by atoms with Gasteiger partial charge in [-0.15, -0.1) is 57.1 Å². The standard InChI is InChI=1S/C29H19N3S5.C8H11NS/c1-33-17-22-5-6-26(36-22)19-12-23-24(31-15-19)13-20(16-32-23)27-8-9-29(37-27)28-7-4-21(35-28)11-18(14-30)25-3-2-10-34-25;1-4-5-8(10-3)7(2)6-9/h2-13,15-16H,17H2,1H3;5H,2,4H2,1,3H3/b18-11+;8-5-. The van der Waals surface area contributed by atoms with Gasteiger partial charge in [0.05, 0.1) is 28.2 Å². The van der Waals surface area contributed by atoms with E-state index < -0.39 is 0 Å². The number of rotatable bonds is 10. The highest BCUT2D eigenvalue weighted by Gasteiger charge is 2.11. The predicted octanol–water partition coefficient (Wildman–Crippen LogP) is 12.5. The van der Waals surface area contributed by atoms with Crippen molar-refractivity contribution in [1.29, 1.82) is 10.5 Å². The van der Waals surface area contributed by atoms with Crippen LogP contribution >= 0.6 is 68.9 Å². The highest BCUT2D eigenvalue weighted by Crippen LogP contribution is 2.39. The van der Waals surface area contributed by atoms with Crippen molar-refractivity contribution >= 4 is 91.6 Å². The van der Waals surface area contributed by atoms with Crippen molar-refractivity contribution in [2.24, 2.45) is 0 Å². The van der Waals surface area contributed by atoms with Crippen molar-refractivity contribution in [3.05, 3.63) is 116 Å². The van der Waals surface area contributed by atoms with Gasteiger partial charge in [0.25, 0.3) is 0 Å². The van der Waals surface area contributed by atoms with Crippen LogP contribution in [-0.4, -0.2) is 22.5 Å². The largest absolute Gasteiger partial charge is 0.254 e. The zero-order valence-electron chi connectivity index (χ0n) is 26.0. The predicted molar refractivity (Wildman–Crippen MR) is 211 cm³/mol. The van der Waals surface area contributed by atoms with Gasteiger partial charge in [-0.1, -0.05) is 25.6 Å². The molecule has 4 nitrogen and oxygen atoms in total. The number of allylic oxidation sites excluding steroid dienone is 3. The van der Waals surface area contributed by atoms with Crippen LogP contribution in [0.3, 0.4) is 0 Å². The molecule has 0 atom stereocenters. The Morgan fingerprint density at radius 2 is 1.51 bits per heavy atom. The average Bonchev–Trinajstić information content (AvgIpc) is 3.94. The Balaban J connectivity index is 0.000000378. The third-order valence-corrected chi connectivity index (χ3v) is 12.8. The Bertz CT molecular complexity index is 2130. The zero-order chi connectivity index (χ0) is 33.2. The maximum absolute atomic E-state index is 9.57. The molecule has 0 amide bonds. The maximum Gasteiger partial charge on any atom is 0.101 e. The van der Waals surface area contributed by atoms with Crippen molar-refractivity contribution in [2.75, 3.05) is 12.5 Å². The topological polar surface area (TPSA) is 73.4 Å². The zero-order valence-corrected chi connectivity index (χ0v) is 30.9. The van der Waals surface area contributed by atoms with Crippen LogP contribution in [0.2, 0.25) is 0 Å². The number of hydrogen-bond acceptors (Lipinski definition) is 10. The molecule has 0 aromatic carbocycles. The number of thioether (sulfide) groups is 2. The number of fused-ring (bicyclic) bond motifs is 1. The van der Waals surface area contributed by atoms with Crippen LogP contribution < -0.4 is 0 Å². The number of pyridine rings is 2. The van der Waals surface area contributed by atoms with Crippen molar-refractivity contribution in [3.8, 4) is 42.8 Å². The summed E-state index contributed by atoms with van der Waals surface area (Å²) < 4.78 is 0. The van der Waals surface area contributed by atoms with Crippen LogP contribution in [0, 0.1) is 22.7 Å². The van der Waals surface area contributed by atoms with Crippen LogP contribution in [0.4, 0.5) is 0 Å². The van der Waals surface area contributed by atoms with E-state index >= 15 is 0 Å². The van der Waals surface area contributed by atoms with Crippen molar-refractivity contribution < 1.29 is 0 Å². The molecule has 10 heteroatoms. The minimum atomic E-state index is 0.564. The monoisotopic (exact) mass is 722 g/mol. The molecule has 0 saturated carbocycles. The van der Waals surface area contributed by atoms with Gasteiger partial charge in [-0.3, -0.25) is 9.97 Å². The summed E-state index contributed by atoms with van der Waals surface area (Å²) in [6, 6.07) is 25.5. The molecule has 234 valence electrons. The molecule has 6 heterocycles. The Kier molecular flexibility index (Phi) is 12.4. The first-order chi connectivity index (χ1) is 23.0. The van der Waals surface area contributed by atoms with E-state index in [1.165, 1.54) is 19.5 Å². The first kappa shape index (κ1) is 34.6. The number of nitrogens with zero attached hydrogens (tertiary/aromatic N) is 4. The molecular formula is C37H30N4S6. The Labute approximate surface area is 300 Å². The quantitative estimate of drug-likeness (QED) is 0.104. The van der Waals surface area contributed by atoms with Crippen molar-refractivity contribution in [2.45, 2.75) is 19.1 Å². The average molecular weight is 723 g/mol. The minimum Gasteiger partial charge on any atom is -0.254 e. The van der Waals surface area contributed by atoms with Gasteiger partial charge in [0.1, 0.15) is 6.07 Å². The summed E-state index contributed by atoms with van der Waals surface area (Å²) in [4.78, 5) is 18.7. The highest BCUT2D eigenvalue weighted by atomic mass is 32.2. The van der Waals surface area contributed by atoms with Crippen LogP contribution in [0.25, 0.3) is 53.3 Å². The summed E-state index contributed by atoms with van der Waals surface area (Å²) in [5.74, 6) is 1.04. The van der Waals surface area contributed by atoms with E-state index in [0.29, 0.717) is 11.1 Å². The normalized spacial score (nSPS) is 11.5. The molecule has 0 fully saturated rings.